The van der Waals surface area contributed by atoms with Crippen molar-refractivity contribution in [2.75, 3.05) is 0 Å². The average Bonchev–Trinajstić information content (AvgIpc) is 2.36. The van der Waals surface area contributed by atoms with Crippen LogP contribution in [0, 0.1) is 0 Å². The first-order chi connectivity index (χ1) is 5.45. The van der Waals surface area contributed by atoms with Crippen LogP contribution in [0.2, 0.25) is 0 Å². The maximum atomic E-state index is 4.83. The van der Waals surface area contributed by atoms with Crippen molar-refractivity contribution in [1.29, 1.82) is 0 Å². The second-order valence-corrected chi connectivity index (χ2v) is 2.84. The van der Waals surface area contributed by atoms with E-state index < -0.39 is 0 Å². The monoisotopic (exact) mass is 153 g/mol. The summed E-state index contributed by atoms with van der Waals surface area (Å²) in [5.74, 6) is 0.678. The van der Waals surface area contributed by atoms with Gasteiger partial charge in [0.1, 0.15) is 0 Å². The molecular weight excluding hydrogens is 142 g/mol. The summed E-state index contributed by atoms with van der Waals surface area (Å²) in [6.45, 7) is 0.713. The third kappa shape index (κ3) is 1.57. The van der Waals surface area contributed by atoms with Crippen molar-refractivity contribution in [3.05, 3.63) is 12.2 Å². The lowest BCUT2D eigenvalue weighted by atomic mass is 9.93. The van der Waals surface area contributed by atoms with Crippen LogP contribution in [-0.2, 0) is 6.54 Å². The maximum absolute atomic E-state index is 4.83. The molecule has 0 unspecified atom stereocenters. The molecule has 0 aromatic carbocycles. The third-order valence-electron chi connectivity index (χ3n) is 2.05. The molecule has 1 aliphatic rings. The molecule has 1 saturated carbocycles. The molecule has 11 heavy (non-hydrogen) atoms. The van der Waals surface area contributed by atoms with Crippen LogP contribution < -0.4 is 5.32 Å². The number of hydrogen-bond donors (Lipinski definition) is 1. The van der Waals surface area contributed by atoms with Crippen molar-refractivity contribution >= 4 is 0 Å². The molecule has 0 aliphatic heterocycles. The highest BCUT2D eigenvalue weighted by atomic mass is 16.5. The van der Waals surface area contributed by atoms with Gasteiger partial charge in [-0.1, -0.05) is 11.6 Å². The highest BCUT2D eigenvalue weighted by Crippen LogP contribution is 2.18. The Balaban J connectivity index is 1.74. The standard InChI is InChI=1S/C7H11N3O/c1-2-6(3-1)8-4-7-9-5-10-11-7/h5-6,8H,1-4H2. The Morgan fingerprint density at radius 2 is 2.55 bits per heavy atom. The van der Waals surface area contributed by atoms with Crippen molar-refractivity contribution in [1.82, 2.24) is 15.5 Å². The van der Waals surface area contributed by atoms with E-state index in [4.69, 9.17) is 4.52 Å². The number of rotatable bonds is 3. The quantitative estimate of drug-likeness (QED) is 0.694. The molecule has 0 amide bonds. The number of nitrogens with one attached hydrogen (secondary N) is 1. The van der Waals surface area contributed by atoms with Gasteiger partial charge >= 0.3 is 0 Å². The molecule has 1 heterocycles. The van der Waals surface area contributed by atoms with Crippen molar-refractivity contribution in [3.63, 3.8) is 0 Å². The smallest absolute Gasteiger partial charge is 0.240 e. The molecule has 1 aromatic rings. The molecule has 0 bridgehead atoms. The Bertz CT molecular complexity index is 205. The summed E-state index contributed by atoms with van der Waals surface area (Å²) in [6.07, 6.45) is 5.35. The van der Waals surface area contributed by atoms with Crippen molar-refractivity contribution < 1.29 is 4.52 Å². The highest BCUT2D eigenvalue weighted by Gasteiger charge is 2.16. The second-order valence-electron chi connectivity index (χ2n) is 2.84. The first-order valence-corrected chi connectivity index (χ1v) is 3.94. The van der Waals surface area contributed by atoms with E-state index in [0.717, 1.165) is 0 Å². The average molecular weight is 153 g/mol. The molecule has 4 nitrogen and oxygen atoms in total. The van der Waals surface area contributed by atoms with Crippen molar-refractivity contribution in [3.8, 4) is 0 Å². The van der Waals surface area contributed by atoms with E-state index in [1.54, 1.807) is 0 Å². The van der Waals surface area contributed by atoms with Crippen LogP contribution >= 0.6 is 0 Å². The Morgan fingerprint density at radius 1 is 1.64 bits per heavy atom. The van der Waals surface area contributed by atoms with E-state index in [2.05, 4.69) is 15.5 Å². The SMILES string of the molecule is c1noc(CNC2CCC2)n1. The lowest BCUT2D eigenvalue weighted by Gasteiger charge is -2.25. The minimum atomic E-state index is 0.678. The van der Waals surface area contributed by atoms with Crippen LogP contribution in [-0.4, -0.2) is 16.2 Å². The van der Waals surface area contributed by atoms with Gasteiger partial charge in [-0.2, -0.15) is 4.98 Å². The lowest BCUT2D eigenvalue weighted by Crippen LogP contribution is -2.34. The summed E-state index contributed by atoms with van der Waals surface area (Å²) in [5.41, 5.74) is 0. The van der Waals surface area contributed by atoms with Crippen LogP contribution in [0.5, 0.6) is 0 Å². The van der Waals surface area contributed by atoms with Gasteiger partial charge in [0.05, 0.1) is 6.54 Å². The summed E-state index contributed by atoms with van der Waals surface area (Å²) in [6, 6.07) is 0.682. The Labute approximate surface area is 65.0 Å². The van der Waals surface area contributed by atoms with Crippen LogP contribution in [0.15, 0.2) is 10.9 Å². The molecule has 0 spiro atoms. The number of nitrogens with zero attached hydrogens (tertiary/aromatic N) is 2. The molecule has 1 aromatic heterocycles. The highest BCUT2D eigenvalue weighted by molar-refractivity contribution is 4.80. The van der Waals surface area contributed by atoms with E-state index in [-0.39, 0.29) is 0 Å². The minimum absolute atomic E-state index is 0.678. The fourth-order valence-electron chi connectivity index (χ4n) is 1.12. The summed E-state index contributed by atoms with van der Waals surface area (Å²) in [7, 11) is 0. The molecular formula is C7H11N3O. The summed E-state index contributed by atoms with van der Waals surface area (Å²) >= 11 is 0. The molecule has 60 valence electrons. The van der Waals surface area contributed by atoms with Gasteiger partial charge in [0, 0.05) is 6.04 Å². The first-order valence-electron chi connectivity index (χ1n) is 3.94. The van der Waals surface area contributed by atoms with Gasteiger partial charge in [0.15, 0.2) is 6.33 Å². The molecule has 1 fully saturated rings. The summed E-state index contributed by atoms with van der Waals surface area (Å²) in [5, 5.41) is 6.84. The zero-order valence-corrected chi connectivity index (χ0v) is 6.29. The fraction of sp³-hybridized carbons (Fsp3) is 0.714. The van der Waals surface area contributed by atoms with Crippen molar-refractivity contribution in [2.24, 2.45) is 0 Å². The predicted molar refractivity (Wildman–Crippen MR) is 38.8 cm³/mol. The zero-order valence-electron chi connectivity index (χ0n) is 6.29. The Morgan fingerprint density at radius 3 is 3.09 bits per heavy atom. The summed E-state index contributed by atoms with van der Waals surface area (Å²) in [4.78, 5) is 3.91. The molecule has 4 heteroatoms. The van der Waals surface area contributed by atoms with Crippen molar-refractivity contribution in [2.45, 2.75) is 31.8 Å². The maximum Gasteiger partial charge on any atom is 0.240 e. The van der Waals surface area contributed by atoms with Gasteiger partial charge < -0.3 is 9.84 Å². The molecule has 0 atom stereocenters. The minimum Gasteiger partial charge on any atom is -0.338 e. The second kappa shape index (κ2) is 3.00. The van der Waals surface area contributed by atoms with Crippen LogP contribution in [0.4, 0.5) is 0 Å². The van der Waals surface area contributed by atoms with Gasteiger partial charge in [-0.3, -0.25) is 0 Å². The molecule has 1 N–H and O–H groups in total. The van der Waals surface area contributed by atoms with E-state index >= 15 is 0 Å². The number of hydrogen-bond acceptors (Lipinski definition) is 4. The van der Waals surface area contributed by atoms with Crippen LogP contribution in [0.1, 0.15) is 25.2 Å². The Kier molecular flexibility index (Phi) is 1.85. The molecule has 0 saturated heterocycles. The predicted octanol–water partition coefficient (Wildman–Crippen LogP) is 0.712. The van der Waals surface area contributed by atoms with E-state index in [9.17, 15) is 0 Å². The van der Waals surface area contributed by atoms with Crippen LogP contribution in [0.3, 0.4) is 0 Å². The molecule has 0 radical (unpaired) electrons. The zero-order chi connectivity index (χ0) is 7.52. The van der Waals surface area contributed by atoms with Gasteiger partial charge in [-0.05, 0) is 12.8 Å². The summed E-state index contributed by atoms with van der Waals surface area (Å²) < 4.78 is 4.83. The van der Waals surface area contributed by atoms with Gasteiger partial charge in [0.25, 0.3) is 0 Å². The molecule has 2 rings (SSSR count). The lowest BCUT2D eigenvalue weighted by molar-refractivity contribution is 0.305. The molecule has 1 aliphatic carbocycles. The fourth-order valence-corrected chi connectivity index (χ4v) is 1.12. The van der Waals surface area contributed by atoms with Gasteiger partial charge in [-0.25, -0.2) is 0 Å². The third-order valence-corrected chi connectivity index (χ3v) is 2.05. The van der Waals surface area contributed by atoms with E-state index in [1.165, 1.54) is 25.6 Å². The Hall–Kier alpha value is -0.900. The topological polar surface area (TPSA) is 51.0 Å². The number of aromatic nitrogens is 2. The van der Waals surface area contributed by atoms with Crippen LogP contribution in [0.25, 0.3) is 0 Å². The normalized spacial score (nSPS) is 18.2. The van der Waals surface area contributed by atoms with E-state index in [0.29, 0.717) is 18.5 Å². The van der Waals surface area contributed by atoms with E-state index in [1.807, 2.05) is 0 Å². The van der Waals surface area contributed by atoms with Gasteiger partial charge in [-0.15, -0.1) is 0 Å². The first kappa shape index (κ1) is 6.79. The van der Waals surface area contributed by atoms with Gasteiger partial charge in [0.2, 0.25) is 5.89 Å². The largest absolute Gasteiger partial charge is 0.338 e.